The van der Waals surface area contributed by atoms with E-state index in [1.54, 1.807) is 11.3 Å². The molecule has 8 aliphatic rings. The Labute approximate surface area is 320 Å². The van der Waals surface area contributed by atoms with Crippen LogP contribution < -0.4 is 5.73 Å². The first-order chi connectivity index (χ1) is 24.7. The van der Waals surface area contributed by atoms with Crippen molar-refractivity contribution < 1.29 is 14.4 Å². The van der Waals surface area contributed by atoms with Gasteiger partial charge in [0.05, 0.1) is 21.7 Å². The van der Waals surface area contributed by atoms with Crippen molar-refractivity contribution in [3.05, 3.63) is 74.8 Å². The van der Waals surface area contributed by atoms with Crippen LogP contribution in [0.4, 0.5) is 5.69 Å². The van der Waals surface area contributed by atoms with Gasteiger partial charge < -0.3 is 5.73 Å². The second kappa shape index (κ2) is 15.5. The van der Waals surface area contributed by atoms with Gasteiger partial charge in [-0.05, 0) is 149 Å². The van der Waals surface area contributed by atoms with Crippen molar-refractivity contribution in [2.45, 2.75) is 88.8 Å². The molecule has 0 radical (unpaired) electrons. The van der Waals surface area contributed by atoms with Crippen molar-refractivity contribution in [2.75, 3.05) is 26.2 Å². The van der Waals surface area contributed by atoms with Crippen LogP contribution in [0.15, 0.2) is 41.8 Å². The predicted octanol–water partition coefficient (Wildman–Crippen LogP) is 8.70. The number of thiophene rings is 2. The summed E-state index contributed by atoms with van der Waals surface area (Å²) in [5, 5.41) is 13.1. The van der Waals surface area contributed by atoms with Crippen LogP contribution in [0.25, 0.3) is 25.0 Å². The van der Waals surface area contributed by atoms with Crippen molar-refractivity contribution in [1.29, 1.82) is 5.26 Å². The maximum atomic E-state index is 13.1. The minimum Gasteiger partial charge on any atom is -0.326 e. The molecule has 2 aromatic carbocycles. The number of piperidine rings is 6. The van der Waals surface area contributed by atoms with Gasteiger partial charge in [-0.3, -0.25) is 14.6 Å². The van der Waals surface area contributed by atoms with Crippen LogP contribution >= 0.6 is 35.1 Å². The van der Waals surface area contributed by atoms with Crippen LogP contribution in [0, 0.1) is 49.5 Å². The molecule has 4 aromatic rings. The van der Waals surface area contributed by atoms with E-state index in [0.29, 0.717) is 40.9 Å². The highest BCUT2D eigenvalue weighted by molar-refractivity contribution is 7.21. The van der Waals surface area contributed by atoms with Crippen LogP contribution in [0.1, 0.15) is 84.1 Å². The Bertz CT molecular complexity index is 2060. The van der Waals surface area contributed by atoms with Gasteiger partial charge in [0.25, 0.3) is 0 Å². The molecule has 2 atom stereocenters. The fourth-order valence-corrected chi connectivity index (χ4v) is 11.9. The second-order valence-corrected chi connectivity index (χ2v) is 17.2. The molecule has 12 rings (SSSR count). The molecule has 2 spiro atoms. The molecule has 8 nitrogen and oxygen atoms in total. The Balaban J connectivity index is 0.000000143. The van der Waals surface area contributed by atoms with Gasteiger partial charge in [-0.25, -0.2) is 4.85 Å². The molecule has 2 aromatic heterocycles. The summed E-state index contributed by atoms with van der Waals surface area (Å²) in [5.41, 5.74) is 10.7. The molecule has 2 N–H and O–H groups in total. The standard InChI is InChI=1S/C21H22N2OS.C10H7NS.C9H16N2.CO2.ClH/c1-13-3-4-15-11-18(25-20(15)19(13)22-2)17(24)12-16-14-5-9-23(10-6-14)21(16)7-8-21;1-7-2-3-8-4-5-12-10(8)9(7)6-11;10-8-7-1-5-11(6-2-7)9(8)3-4-9;2-1-3;/h3-4,11,14,16H,5-10,12H2,1H3;2-5H,1H3;7-8H,1-6,10H2;;1H/t16-;;8-;;/m1.1../s1. The number of ketones is 1. The van der Waals surface area contributed by atoms with Crippen molar-refractivity contribution in [3.63, 3.8) is 0 Å². The summed E-state index contributed by atoms with van der Waals surface area (Å²) < 4.78 is 2.09. The fourth-order valence-electron chi connectivity index (χ4n) is 9.76. The number of hydrogen-bond acceptors (Lipinski definition) is 9. The lowest BCUT2D eigenvalue weighted by molar-refractivity contribution is -0.191. The number of aryl methyl sites for hydroxylation is 2. The summed E-state index contributed by atoms with van der Waals surface area (Å²) in [6.07, 6.45) is 11.5. The third kappa shape index (κ3) is 6.88. The van der Waals surface area contributed by atoms with Gasteiger partial charge in [0.2, 0.25) is 5.69 Å². The van der Waals surface area contributed by atoms with Gasteiger partial charge in [0.15, 0.2) is 5.78 Å². The summed E-state index contributed by atoms with van der Waals surface area (Å²) in [6, 6.07) is 14.9. The highest BCUT2D eigenvalue weighted by atomic mass is 35.5. The highest BCUT2D eigenvalue weighted by Crippen LogP contribution is 2.59. The molecule has 2 aliphatic carbocycles. The molecular weight excluding hydrogens is 710 g/mol. The van der Waals surface area contributed by atoms with Crippen LogP contribution in [0.3, 0.4) is 0 Å². The van der Waals surface area contributed by atoms with Gasteiger partial charge in [0.1, 0.15) is 6.07 Å². The second-order valence-electron chi connectivity index (χ2n) is 15.3. The van der Waals surface area contributed by atoms with E-state index in [1.165, 1.54) is 94.3 Å². The molecule has 6 aliphatic heterocycles. The normalized spacial score (nSPS) is 27.3. The van der Waals surface area contributed by atoms with Crippen molar-refractivity contribution in [3.8, 4) is 6.07 Å². The number of nitriles is 1. The number of Topliss-reactive ketones (excluding diaryl/α,β-unsaturated/α-hetero) is 1. The van der Waals surface area contributed by atoms with Crippen molar-refractivity contribution in [1.82, 2.24) is 9.80 Å². The maximum absolute atomic E-state index is 13.1. The summed E-state index contributed by atoms with van der Waals surface area (Å²) in [5.74, 6) is 2.45. The number of hydrogen-bond donors (Lipinski definition) is 1. The third-order valence-electron chi connectivity index (χ3n) is 12.8. The SMILES string of the molecule is Cc1ccc2ccsc2c1C#N.Cl.N[C@@H]1C2CCN(CC2)C12CC2.O=C=O.[C-]#[N+]c1c(C)ccc2cc(C(=O)C[C@@H]3C4CCN(CC4)C34CC4)sc12. The molecule has 4 bridgehead atoms. The van der Waals surface area contributed by atoms with Crippen molar-refractivity contribution >= 4 is 72.9 Å². The number of carbonyl (C=O) groups is 1. The quantitative estimate of drug-likeness (QED) is 0.165. The van der Waals surface area contributed by atoms with Gasteiger partial charge in [0, 0.05) is 28.2 Å². The van der Waals surface area contributed by atoms with E-state index < -0.39 is 0 Å². The van der Waals surface area contributed by atoms with Gasteiger partial charge in [-0.1, -0.05) is 24.3 Å². The number of carbonyl (C=O) groups excluding carboxylic acids is 3. The Morgan fingerprint density at radius 3 is 2.04 bits per heavy atom. The molecule has 0 unspecified atom stereocenters. The molecule has 52 heavy (non-hydrogen) atoms. The number of fused-ring (bicyclic) bond motifs is 6. The first-order valence-corrected chi connectivity index (χ1v) is 19.9. The van der Waals surface area contributed by atoms with Crippen LogP contribution in [0.2, 0.25) is 0 Å². The van der Waals surface area contributed by atoms with Gasteiger partial charge in [-0.2, -0.15) is 14.9 Å². The van der Waals surface area contributed by atoms with Crippen LogP contribution in [-0.4, -0.2) is 65.0 Å². The number of benzene rings is 2. The van der Waals surface area contributed by atoms with E-state index >= 15 is 0 Å². The molecule has 8 fully saturated rings. The number of halogens is 1. The minimum atomic E-state index is 0. The zero-order valence-electron chi connectivity index (χ0n) is 29.9. The summed E-state index contributed by atoms with van der Waals surface area (Å²) in [4.78, 5) is 39.2. The van der Waals surface area contributed by atoms with Crippen LogP contribution in [0.5, 0.6) is 0 Å². The lowest BCUT2D eigenvalue weighted by Crippen LogP contribution is -2.63. The Morgan fingerprint density at radius 2 is 1.48 bits per heavy atom. The first-order valence-electron chi connectivity index (χ1n) is 18.3. The first kappa shape index (κ1) is 38.3. The molecule has 6 saturated heterocycles. The van der Waals surface area contributed by atoms with E-state index in [-0.39, 0.29) is 18.6 Å². The topological polar surface area (TPSA) is 112 Å². The van der Waals surface area contributed by atoms with Gasteiger partial charge in [-0.15, -0.1) is 35.1 Å². The average molecular weight is 756 g/mol. The molecular formula is C41H46ClN5O3S2. The van der Waals surface area contributed by atoms with E-state index in [9.17, 15) is 4.79 Å². The molecule has 0 amide bonds. The molecule has 2 saturated carbocycles. The van der Waals surface area contributed by atoms with Crippen molar-refractivity contribution in [2.24, 2.45) is 23.5 Å². The maximum Gasteiger partial charge on any atom is 0.373 e. The third-order valence-corrected chi connectivity index (χ3v) is 15.0. The molecule has 8 heterocycles. The monoisotopic (exact) mass is 755 g/mol. The summed E-state index contributed by atoms with van der Waals surface area (Å²) in [6.45, 7) is 16.5. The largest absolute Gasteiger partial charge is 0.373 e. The zero-order chi connectivity index (χ0) is 35.9. The molecule has 11 heteroatoms. The lowest BCUT2D eigenvalue weighted by Gasteiger charge is -2.52. The average Bonchev–Trinajstić information content (AvgIpc) is 4.02. The Kier molecular flexibility index (Phi) is 11.4. The van der Waals surface area contributed by atoms with E-state index in [4.69, 9.17) is 27.2 Å². The number of nitrogens with two attached hydrogens (primary N) is 1. The van der Waals surface area contributed by atoms with E-state index in [1.807, 2.05) is 49.6 Å². The summed E-state index contributed by atoms with van der Waals surface area (Å²) >= 11 is 3.15. The predicted molar refractivity (Wildman–Crippen MR) is 209 cm³/mol. The van der Waals surface area contributed by atoms with Crippen LogP contribution in [-0.2, 0) is 9.59 Å². The van der Waals surface area contributed by atoms with E-state index in [2.05, 4.69) is 26.8 Å². The zero-order valence-corrected chi connectivity index (χ0v) is 32.3. The number of rotatable bonds is 3. The Hall–Kier alpha value is -3.44. The Morgan fingerprint density at radius 1 is 0.904 bits per heavy atom. The lowest BCUT2D eigenvalue weighted by atomic mass is 9.70. The summed E-state index contributed by atoms with van der Waals surface area (Å²) in [7, 11) is 0. The van der Waals surface area contributed by atoms with Gasteiger partial charge >= 0.3 is 6.15 Å². The molecule has 272 valence electrons. The van der Waals surface area contributed by atoms with E-state index in [0.717, 1.165) is 48.2 Å². The fraction of sp³-hybridized carbons (Fsp3) is 0.512. The highest BCUT2D eigenvalue weighted by Gasteiger charge is 2.60. The smallest absolute Gasteiger partial charge is 0.326 e. The number of nitrogens with zero attached hydrogens (tertiary/aromatic N) is 4. The minimum absolute atomic E-state index is 0.